The Bertz CT molecular complexity index is 557. The fourth-order valence-corrected chi connectivity index (χ4v) is 2.49. The second-order valence-corrected chi connectivity index (χ2v) is 5.96. The third-order valence-electron chi connectivity index (χ3n) is 4.29. The first-order valence-corrected chi connectivity index (χ1v) is 7.14. The molecule has 1 fully saturated rings. The summed E-state index contributed by atoms with van der Waals surface area (Å²) in [6.07, 6.45) is 2.17. The number of non-ortho nitro benzene ring substituents is 1. The number of benzene rings is 1. The van der Waals surface area contributed by atoms with Gasteiger partial charge in [0.05, 0.1) is 16.4 Å². The van der Waals surface area contributed by atoms with E-state index in [-0.39, 0.29) is 17.1 Å². The van der Waals surface area contributed by atoms with Crippen LogP contribution in [0.5, 0.6) is 0 Å². The van der Waals surface area contributed by atoms with E-state index < -0.39 is 10.8 Å². The molecule has 0 heterocycles. The molecule has 6 nitrogen and oxygen atoms in total. The monoisotopic (exact) mass is 291 g/mol. The molecule has 2 atom stereocenters. The molecule has 0 bridgehead atoms. The highest BCUT2D eigenvalue weighted by Gasteiger charge is 2.42. The normalized spacial score (nSPS) is 18.6. The zero-order valence-electron chi connectivity index (χ0n) is 12.3. The van der Waals surface area contributed by atoms with E-state index in [0.29, 0.717) is 18.0 Å². The lowest BCUT2D eigenvalue weighted by molar-refractivity contribution is -0.384. The van der Waals surface area contributed by atoms with E-state index in [1.54, 1.807) is 19.1 Å². The summed E-state index contributed by atoms with van der Waals surface area (Å²) in [7, 11) is 0. The van der Waals surface area contributed by atoms with Gasteiger partial charge in [-0.15, -0.1) is 0 Å². The van der Waals surface area contributed by atoms with Crippen LogP contribution in [0.15, 0.2) is 24.3 Å². The molecule has 2 unspecified atom stereocenters. The molecule has 1 aliphatic rings. The summed E-state index contributed by atoms with van der Waals surface area (Å²) in [6, 6.07) is 6.19. The van der Waals surface area contributed by atoms with E-state index in [0.717, 1.165) is 12.8 Å². The molecule has 0 radical (unpaired) electrons. The average Bonchev–Trinajstić information content (AvgIpc) is 3.31. The topological polar surface area (TPSA) is 98.3 Å². The standard InChI is InChI=1S/C15H21N3O3/c1-10(11-4-3-5-13(8-11)18(20)21)14(19)17-15(2,9-16)12-6-7-12/h3-5,8,10,12H,6-7,9,16H2,1-2H3,(H,17,19). The maximum atomic E-state index is 12.4. The number of carbonyl (C=O) groups excluding carboxylic acids is 1. The highest BCUT2D eigenvalue weighted by Crippen LogP contribution is 2.39. The van der Waals surface area contributed by atoms with Gasteiger partial charge in [-0.2, -0.15) is 0 Å². The maximum Gasteiger partial charge on any atom is 0.269 e. The summed E-state index contributed by atoms with van der Waals surface area (Å²) in [5, 5.41) is 13.8. The van der Waals surface area contributed by atoms with Gasteiger partial charge in [0.15, 0.2) is 0 Å². The lowest BCUT2D eigenvalue weighted by Crippen LogP contribution is -2.54. The average molecular weight is 291 g/mol. The van der Waals surface area contributed by atoms with Crippen LogP contribution in [0, 0.1) is 16.0 Å². The molecule has 114 valence electrons. The molecule has 0 aliphatic heterocycles. The Morgan fingerprint density at radius 1 is 1.57 bits per heavy atom. The molecule has 1 aromatic rings. The zero-order chi connectivity index (χ0) is 15.6. The van der Waals surface area contributed by atoms with Crippen molar-refractivity contribution >= 4 is 11.6 Å². The summed E-state index contributed by atoms with van der Waals surface area (Å²) >= 11 is 0. The quantitative estimate of drug-likeness (QED) is 0.618. The molecular formula is C15H21N3O3. The number of amides is 1. The van der Waals surface area contributed by atoms with Gasteiger partial charge in [0.1, 0.15) is 0 Å². The number of hydrogen-bond donors (Lipinski definition) is 2. The number of rotatable bonds is 6. The maximum absolute atomic E-state index is 12.4. The fourth-order valence-electron chi connectivity index (χ4n) is 2.49. The van der Waals surface area contributed by atoms with Crippen LogP contribution < -0.4 is 11.1 Å². The van der Waals surface area contributed by atoms with Gasteiger partial charge in [-0.1, -0.05) is 12.1 Å². The van der Waals surface area contributed by atoms with E-state index in [1.807, 2.05) is 6.92 Å². The Labute approximate surface area is 123 Å². The summed E-state index contributed by atoms with van der Waals surface area (Å²) in [5.41, 5.74) is 6.04. The molecule has 3 N–H and O–H groups in total. The van der Waals surface area contributed by atoms with E-state index in [4.69, 9.17) is 5.73 Å². The second-order valence-electron chi connectivity index (χ2n) is 5.96. The van der Waals surface area contributed by atoms with Crippen molar-refractivity contribution in [1.29, 1.82) is 0 Å². The van der Waals surface area contributed by atoms with Crippen LogP contribution in [0.3, 0.4) is 0 Å². The minimum absolute atomic E-state index is 0.00377. The Balaban J connectivity index is 2.11. The van der Waals surface area contributed by atoms with Gasteiger partial charge in [-0.3, -0.25) is 14.9 Å². The van der Waals surface area contributed by atoms with Crippen molar-refractivity contribution in [2.45, 2.75) is 38.1 Å². The van der Waals surface area contributed by atoms with Gasteiger partial charge >= 0.3 is 0 Å². The van der Waals surface area contributed by atoms with E-state index in [9.17, 15) is 14.9 Å². The number of nitrogens with one attached hydrogen (secondary N) is 1. The molecule has 0 spiro atoms. The van der Waals surface area contributed by atoms with Crippen LogP contribution in [0.1, 0.15) is 38.2 Å². The molecule has 1 saturated carbocycles. The SMILES string of the molecule is CC(C(=O)NC(C)(CN)C1CC1)c1cccc([N+](=O)[O-])c1. The van der Waals surface area contributed by atoms with Gasteiger partial charge in [-0.25, -0.2) is 0 Å². The minimum atomic E-state index is -0.456. The van der Waals surface area contributed by atoms with Crippen molar-refractivity contribution in [2.24, 2.45) is 11.7 Å². The number of nitrogens with two attached hydrogens (primary N) is 1. The van der Waals surface area contributed by atoms with Crippen LogP contribution in [-0.4, -0.2) is 22.9 Å². The third kappa shape index (κ3) is 3.39. The summed E-state index contributed by atoms with van der Waals surface area (Å²) in [6.45, 7) is 4.10. The first kappa shape index (κ1) is 15.4. The summed E-state index contributed by atoms with van der Waals surface area (Å²) in [4.78, 5) is 22.7. The fraction of sp³-hybridized carbons (Fsp3) is 0.533. The molecule has 1 aliphatic carbocycles. The third-order valence-corrected chi connectivity index (χ3v) is 4.29. The van der Waals surface area contributed by atoms with Crippen LogP contribution in [0.2, 0.25) is 0 Å². The number of nitrogens with zero attached hydrogens (tertiary/aromatic N) is 1. The zero-order valence-corrected chi connectivity index (χ0v) is 12.3. The molecular weight excluding hydrogens is 270 g/mol. The van der Waals surface area contributed by atoms with Crippen molar-refractivity contribution < 1.29 is 9.72 Å². The first-order chi connectivity index (χ1) is 9.87. The molecule has 6 heteroatoms. The number of nitro groups is 1. The number of carbonyl (C=O) groups is 1. The van der Waals surface area contributed by atoms with Crippen molar-refractivity contribution in [3.8, 4) is 0 Å². The highest BCUT2D eigenvalue weighted by molar-refractivity contribution is 5.84. The van der Waals surface area contributed by atoms with Crippen LogP contribution in [-0.2, 0) is 4.79 Å². The lowest BCUT2D eigenvalue weighted by atomic mass is 9.93. The molecule has 0 aromatic heterocycles. The highest BCUT2D eigenvalue weighted by atomic mass is 16.6. The number of hydrogen-bond acceptors (Lipinski definition) is 4. The molecule has 21 heavy (non-hydrogen) atoms. The van der Waals surface area contributed by atoms with Crippen LogP contribution in [0.4, 0.5) is 5.69 Å². The largest absolute Gasteiger partial charge is 0.349 e. The van der Waals surface area contributed by atoms with E-state index in [1.165, 1.54) is 12.1 Å². The predicted molar refractivity (Wildman–Crippen MR) is 79.8 cm³/mol. The Morgan fingerprint density at radius 3 is 2.76 bits per heavy atom. The lowest BCUT2D eigenvalue weighted by Gasteiger charge is -2.31. The Hall–Kier alpha value is -1.95. The van der Waals surface area contributed by atoms with Crippen molar-refractivity contribution in [3.05, 3.63) is 39.9 Å². The van der Waals surface area contributed by atoms with Crippen LogP contribution in [0.25, 0.3) is 0 Å². The first-order valence-electron chi connectivity index (χ1n) is 7.14. The van der Waals surface area contributed by atoms with Crippen LogP contribution >= 0.6 is 0 Å². The van der Waals surface area contributed by atoms with E-state index >= 15 is 0 Å². The smallest absolute Gasteiger partial charge is 0.269 e. The van der Waals surface area contributed by atoms with Gasteiger partial charge in [0, 0.05) is 18.7 Å². The van der Waals surface area contributed by atoms with Crippen molar-refractivity contribution in [1.82, 2.24) is 5.32 Å². The molecule has 2 rings (SSSR count). The second kappa shape index (κ2) is 5.81. The number of nitro benzene ring substituents is 1. The summed E-state index contributed by atoms with van der Waals surface area (Å²) < 4.78 is 0. The predicted octanol–water partition coefficient (Wildman–Crippen LogP) is 1.94. The molecule has 1 aromatic carbocycles. The Kier molecular flexibility index (Phi) is 4.27. The van der Waals surface area contributed by atoms with E-state index in [2.05, 4.69) is 5.32 Å². The minimum Gasteiger partial charge on any atom is -0.349 e. The van der Waals surface area contributed by atoms with Gasteiger partial charge in [0.25, 0.3) is 5.69 Å². The summed E-state index contributed by atoms with van der Waals surface area (Å²) in [5.74, 6) is -0.159. The van der Waals surface area contributed by atoms with Crippen molar-refractivity contribution in [2.75, 3.05) is 6.54 Å². The van der Waals surface area contributed by atoms with Gasteiger partial charge < -0.3 is 11.1 Å². The molecule has 1 amide bonds. The molecule has 0 saturated heterocycles. The van der Waals surface area contributed by atoms with Gasteiger partial charge in [0.2, 0.25) is 5.91 Å². The Morgan fingerprint density at radius 2 is 2.24 bits per heavy atom. The van der Waals surface area contributed by atoms with Gasteiger partial charge in [-0.05, 0) is 38.2 Å². The van der Waals surface area contributed by atoms with Crippen molar-refractivity contribution in [3.63, 3.8) is 0 Å².